The van der Waals surface area contributed by atoms with E-state index in [0.29, 0.717) is 0 Å². The number of hydrogen-bond donors (Lipinski definition) is 2. The molecule has 0 unspecified atom stereocenters. The third-order valence-electron chi connectivity index (χ3n) is 4.48. The molecule has 1 aromatic rings. The second-order valence-corrected chi connectivity index (χ2v) is 6.50. The van der Waals surface area contributed by atoms with Crippen LogP contribution in [0.1, 0.15) is 88.3 Å². The van der Waals surface area contributed by atoms with Gasteiger partial charge in [-0.2, -0.15) is 0 Å². The van der Waals surface area contributed by atoms with E-state index in [-0.39, 0.29) is 6.61 Å². The lowest BCUT2D eigenvalue weighted by Gasteiger charge is -2.09. The fourth-order valence-electron chi connectivity index (χ4n) is 3.23. The van der Waals surface area contributed by atoms with E-state index >= 15 is 0 Å². The Morgan fingerprint density at radius 3 is 2.08 bits per heavy atom. The second-order valence-electron chi connectivity index (χ2n) is 6.50. The number of fused-ring (bicyclic) bond motifs is 1. The van der Waals surface area contributed by atoms with Crippen molar-refractivity contribution >= 4 is 0 Å². The van der Waals surface area contributed by atoms with Gasteiger partial charge in [0.05, 0.1) is 0 Å². The van der Waals surface area contributed by atoms with E-state index in [9.17, 15) is 0 Å². The lowest BCUT2D eigenvalue weighted by molar-refractivity contribution is 0.318. The highest BCUT2D eigenvalue weighted by molar-refractivity contribution is 5.33. The van der Waals surface area contributed by atoms with Gasteiger partial charge in [-0.05, 0) is 69.2 Å². The topological polar surface area (TPSA) is 46.2 Å². The molecule has 140 valence electrons. The van der Waals surface area contributed by atoms with Crippen LogP contribution in [0, 0.1) is 0 Å². The van der Waals surface area contributed by atoms with Crippen LogP contribution in [0.15, 0.2) is 18.2 Å². The van der Waals surface area contributed by atoms with Crippen molar-refractivity contribution in [1.82, 2.24) is 0 Å². The minimum Gasteiger partial charge on any atom is -0.397 e. The first-order valence-corrected chi connectivity index (χ1v) is 10.1. The molecule has 2 heteroatoms. The molecule has 2 rings (SSSR count). The minimum absolute atomic E-state index is 0.250. The molecule has 1 aliphatic rings. The van der Waals surface area contributed by atoms with E-state index in [1.807, 2.05) is 0 Å². The highest BCUT2D eigenvalue weighted by Crippen LogP contribution is 2.22. The predicted molar refractivity (Wildman–Crippen MR) is 108 cm³/mol. The van der Waals surface area contributed by atoms with Gasteiger partial charge in [-0.1, -0.05) is 63.6 Å². The van der Waals surface area contributed by atoms with Gasteiger partial charge in [0.1, 0.15) is 0 Å². The van der Waals surface area contributed by atoms with Crippen molar-refractivity contribution in [1.29, 1.82) is 0 Å². The average Bonchev–Trinajstić information content (AvgIpc) is 2.85. The molecule has 2 nitrogen and oxygen atoms in total. The van der Waals surface area contributed by atoms with Gasteiger partial charge in [-0.3, -0.25) is 0 Å². The molecule has 0 heterocycles. The number of rotatable bonds is 7. The fourth-order valence-corrected chi connectivity index (χ4v) is 3.23. The maximum absolute atomic E-state index is 7.57. The highest BCUT2D eigenvalue weighted by Gasteiger charge is 2.08. The van der Waals surface area contributed by atoms with Gasteiger partial charge in [0.15, 0.2) is 0 Å². The van der Waals surface area contributed by atoms with Gasteiger partial charge >= 0.3 is 0 Å². The largest absolute Gasteiger partial charge is 0.397 e. The molecular formula is C22H41NO. The molecular weight excluding hydrogens is 294 g/mol. The molecule has 1 aromatic carbocycles. The Kier molecular flexibility index (Phi) is 16.4. The first-order valence-electron chi connectivity index (χ1n) is 10.1. The molecule has 0 saturated heterocycles. The van der Waals surface area contributed by atoms with Crippen LogP contribution >= 0.6 is 0 Å². The van der Waals surface area contributed by atoms with Gasteiger partial charge in [0.25, 0.3) is 0 Å². The zero-order valence-corrected chi connectivity index (χ0v) is 16.4. The number of unbranched alkanes of at least 4 members (excludes halogenated alkanes) is 5. The Morgan fingerprint density at radius 2 is 1.42 bits per heavy atom. The van der Waals surface area contributed by atoms with Crippen LogP contribution in [-0.2, 0) is 19.3 Å². The zero-order chi connectivity index (χ0) is 18.0. The van der Waals surface area contributed by atoms with Gasteiger partial charge in [-0.15, -0.1) is 0 Å². The van der Waals surface area contributed by atoms with Crippen LogP contribution in [0.4, 0.5) is 0 Å². The van der Waals surface area contributed by atoms with Crippen LogP contribution in [-0.4, -0.2) is 18.8 Å². The van der Waals surface area contributed by atoms with Crippen LogP contribution in [0.3, 0.4) is 0 Å². The predicted octanol–water partition coefficient (Wildman–Crippen LogP) is 5.43. The van der Waals surface area contributed by atoms with Crippen LogP contribution < -0.4 is 5.73 Å². The van der Waals surface area contributed by atoms with Gasteiger partial charge in [-0.25, -0.2) is 0 Å². The summed E-state index contributed by atoms with van der Waals surface area (Å²) in [5.74, 6) is 0. The summed E-state index contributed by atoms with van der Waals surface area (Å²) in [5, 5.41) is 7.57. The van der Waals surface area contributed by atoms with Crippen LogP contribution in [0.5, 0.6) is 0 Å². The Hall–Kier alpha value is -0.860. The van der Waals surface area contributed by atoms with Crippen molar-refractivity contribution in [3.8, 4) is 0 Å². The van der Waals surface area contributed by atoms with E-state index in [2.05, 4.69) is 30.9 Å². The van der Waals surface area contributed by atoms with Gasteiger partial charge < -0.3 is 10.8 Å². The smallest absolute Gasteiger partial charge is 0.0402 e. The van der Waals surface area contributed by atoms with E-state index in [4.69, 9.17) is 5.11 Å². The summed E-state index contributed by atoms with van der Waals surface area (Å²) in [4.78, 5) is 0. The van der Waals surface area contributed by atoms with Gasteiger partial charge in [0.2, 0.25) is 0 Å². The number of benzene rings is 1. The zero-order valence-electron chi connectivity index (χ0n) is 16.4. The molecule has 24 heavy (non-hydrogen) atoms. The molecule has 0 spiro atoms. The summed E-state index contributed by atoms with van der Waals surface area (Å²) >= 11 is 0. The third kappa shape index (κ3) is 10.8. The van der Waals surface area contributed by atoms with E-state index in [1.54, 1.807) is 23.6 Å². The maximum Gasteiger partial charge on any atom is 0.0402 e. The average molecular weight is 336 g/mol. The molecule has 0 bridgehead atoms. The lowest BCUT2D eigenvalue weighted by Crippen LogP contribution is -1.94. The van der Waals surface area contributed by atoms with Crippen molar-refractivity contribution in [2.75, 3.05) is 13.7 Å². The Balaban J connectivity index is 0.000000952. The minimum atomic E-state index is 0.250. The number of aryl methyl sites for hydroxylation is 3. The molecule has 3 N–H and O–H groups in total. The summed E-state index contributed by atoms with van der Waals surface area (Å²) in [6, 6.07) is 7.30. The van der Waals surface area contributed by atoms with Crippen LogP contribution in [0.25, 0.3) is 0 Å². The first-order chi connectivity index (χ1) is 11.8. The summed E-state index contributed by atoms with van der Waals surface area (Å²) in [6.45, 7) is 4.22. The van der Waals surface area contributed by atoms with Crippen molar-refractivity contribution < 1.29 is 5.11 Å². The Bertz CT molecular complexity index is 390. The highest BCUT2D eigenvalue weighted by atomic mass is 16.2. The fraction of sp³-hybridized carbons (Fsp3) is 0.727. The molecule has 0 aliphatic heterocycles. The maximum atomic E-state index is 7.57. The Morgan fingerprint density at radius 1 is 0.833 bits per heavy atom. The summed E-state index contributed by atoms with van der Waals surface area (Å²) in [5.41, 5.74) is 9.36. The van der Waals surface area contributed by atoms with Crippen molar-refractivity contribution in [2.24, 2.45) is 5.73 Å². The number of aliphatic hydroxyl groups is 1. The van der Waals surface area contributed by atoms with Gasteiger partial charge in [0, 0.05) is 6.61 Å². The van der Waals surface area contributed by atoms with Crippen molar-refractivity contribution in [3.63, 3.8) is 0 Å². The molecule has 0 radical (unpaired) electrons. The number of hydrogen-bond acceptors (Lipinski definition) is 2. The van der Waals surface area contributed by atoms with Crippen LogP contribution in [0.2, 0.25) is 0 Å². The monoisotopic (exact) mass is 335 g/mol. The molecule has 1 aliphatic carbocycles. The lowest BCUT2D eigenvalue weighted by atomic mass is 9.97. The SMILES string of the molecule is CCCCCCCCc1ccc2c(c1)CCCCC2.CCO.CN. The quantitative estimate of drug-likeness (QED) is 0.515. The van der Waals surface area contributed by atoms with Crippen molar-refractivity contribution in [2.45, 2.75) is 90.9 Å². The van der Waals surface area contributed by atoms with E-state index in [0.717, 1.165) is 0 Å². The molecule has 0 amide bonds. The van der Waals surface area contributed by atoms with Crippen molar-refractivity contribution in [3.05, 3.63) is 34.9 Å². The van der Waals surface area contributed by atoms with E-state index in [1.165, 1.54) is 84.1 Å². The molecule has 0 atom stereocenters. The normalized spacial score (nSPS) is 12.9. The summed E-state index contributed by atoms with van der Waals surface area (Å²) in [6.07, 6.45) is 16.5. The Labute approximate surface area is 150 Å². The number of aliphatic hydroxyl groups excluding tert-OH is 1. The standard InChI is InChI=1S/C19H30.C2H6O.CH5N/c1-2-3-4-5-6-8-11-17-14-15-18-12-9-7-10-13-19(18)16-17;1-2-3;1-2/h14-16H,2-13H2,1H3;3H,2H2,1H3;2H2,1H3. The number of nitrogens with two attached hydrogens (primary N) is 1. The first kappa shape index (κ1) is 23.1. The van der Waals surface area contributed by atoms with E-state index < -0.39 is 0 Å². The second kappa shape index (κ2) is 17.0. The molecule has 0 fully saturated rings. The third-order valence-corrected chi connectivity index (χ3v) is 4.48. The molecule has 0 saturated carbocycles. The molecule has 0 aromatic heterocycles. The summed E-state index contributed by atoms with van der Waals surface area (Å²) in [7, 11) is 1.50. The summed E-state index contributed by atoms with van der Waals surface area (Å²) < 4.78 is 0.